The number of hydrogen-bond acceptors (Lipinski definition) is 8. The fourth-order valence-corrected chi connectivity index (χ4v) is 44.7. The summed E-state index contributed by atoms with van der Waals surface area (Å²) in [5.41, 5.74) is 0. The minimum atomic E-state index is -2.54. The SMILES string of the molecule is C[Si](O[Si](C)(C)O[Si](C)(C)O[Si](C)(C)C)O[Si](C)(C)O[Si](C)(C)O[Si](C)(C)O[Si](C)(C)O[Si](C)(C)C. The fraction of sp³-hybridized carbons (Fsp3) is 1.00. The maximum Gasteiger partial charge on any atom is 0.362 e. The van der Waals surface area contributed by atoms with Crippen LogP contribution in [0.1, 0.15) is 0 Å². The molecule has 0 N–H and O–H groups in total. The maximum atomic E-state index is 6.61. The van der Waals surface area contributed by atoms with E-state index >= 15 is 0 Å². The highest BCUT2D eigenvalue weighted by molar-refractivity contribution is 6.91. The largest absolute Gasteiger partial charge is 0.437 e. The normalized spacial score (nSPS) is 15.7. The average Bonchev–Trinajstić information content (AvgIpc) is 2.31. The molecule has 217 valence electrons. The molecule has 36 heavy (non-hydrogen) atoms. The van der Waals surface area contributed by atoms with Gasteiger partial charge >= 0.3 is 60.6 Å². The van der Waals surface area contributed by atoms with Crippen LogP contribution in [0.15, 0.2) is 0 Å². The number of rotatable bonds is 16. The lowest BCUT2D eigenvalue weighted by atomic mass is 11.8. The van der Waals surface area contributed by atoms with E-state index in [9.17, 15) is 0 Å². The molecule has 0 heterocycles. The van der Waals surface area contributed by atoms with Gasteiger partial charge in [-0.25, -0.2) is 0 Å². The van der Waals surface area contributed by atoms with Crippen LogP contribution >= 0.6 is 0 Å². The topological polar surface area (TPSA) is 73.8 Å². The highest BCUT2D eigenvalue weighted by Crippen LogP contribution is 2.27. The molecular formula is C19H57O8Si9. The lowest BCUT2D eigenvalue weighted by Crippen LogP contribution is -2.59. The van der Waals surface area contributed by atoms with Crippen molar-refractivity contribution in [1.29, 1.82) is 0 Å². The first-order valence-electron chi connectivity index (χ1n) is 12.8. The first kappa shape index (κ1) is 37.6. The fourth-order valence-electron chi connectivity index (χ4n) is 4.68. The summed E-state index contributed by atoms with van der Waals surface area (Å²) < 4.78 is 51.9. The first-order valence-corrected chi connectivity index (χ1v) is 38.3. The monoisotopic (exact) mass is 665 g/mol. The van der Waals surface area contributed by atoms with Crippen LogP contribution in [0.5, 0.6) is 0 Å². The van der Waals surface area contributed by atoms with Crippen molar-refractivity contribution in [1.82, 2.24) is 0 Å². The van der Waals surface area contributed by atoms with Crippen molar-refractivity contribution in [3.8, 4) is 0 Å². The Morgan fingerprint density at radius 1 is 0.306 bits per heavy atom. The van der Waals surface area contributed by atoms with Gasteiger partial charge in [0.1, 0.15) is 0 Å². The lowest BCUT2D eigenvalue weighted by Gasteiger charge is -2.42. The summed E-state index contributed by atoms with van der Waals surface area (Å²) in [5, 5.41) is 0. The van der Waals surface area contributed by atoms with Crippen LogP contribution in [0, 0.1) is 0 Å². The van der Waals surface area contributed by atoms with E-state index in [1.807, 2.05) is 6.55 Å². The smallest absolute Gasteiger partial charge is 0.362 e. The summed E-state index contributed by atoms with van der Waals surface area (Å²) in [7, 11) is -19.6. The summed E-state index contributed by atoms with van der Waals surface area (Å²) in [5.74, 6) is 0. The molecule has 0 aromatic carbocycles. The Balaban J connectivity index is 5.16. The van der Waals surface area contributed by atoms with Crippen molar-refractivity contribution in [2.24, 2.45) is 0 Å². The highest BCUT2D eigenvalue weighted by atomic mass is 28.5. The summed E-state index contributed by atoms with van der Waals surface area (Å²) in [6.45, 7) is 40.2. The summed E-state index contributed by atoms with van der Waals surface area (Å²) in [6.07, 6.45) is 0. The molecule has 0 saturated heterocycles. The molecule has 0 fully saturated rings. The Labute approximate surface area is 233 Å². The van der Waals surface area contributed by atoms with Gasteiger partial charge < -0.3 is 32.9 Å². The van der Waals surface area contributed by atoms with E-state index in [1.54, 1.807) is 0 Å². The van der Waals surface area contributed by atoms with E-state index in [2.05, 4.69) is 118 Å². The molecule has 0 aliphatic rings. The van der Waals surface area contributed by atoms with Crippen molar-refractivity contribution >= 4 is 77.3 Å². The van der Waals surface area contributed by atoms with Crippen LogP contribution in [0.2, 0.25) is 124 Å². The Kier molecular flexibility index (Phi) is 13.2. The van der Waals surface area contributed by atoms with Gasteiger partial charge in [0.15, 0.2) is 16.6 Å². The molecular weight excluding hydrogens is 609 g/mol. The van der Waals surface area contributed by atoms with E-state index in [-0.39, 0.29) is 0 Å². The van der Waals surface area contributed by atoms with E-state index in [1.165, 1.54) is 0 Å². The third kappa shape index (κ3) is 18.8. The van der Waals surface area contributed by atoms with Crippen LogP contribution < -0.4 is 0 Å². The molecule has 0 saturated carbocycles. The Bertz CT molecular complexity index is 704. The zero-order valence-corrected chi connectivity index (χ0v) is 35.8. The molecule has 0 aliphatic heterocycles. The van der Waals surface area contributed by atoms with E-state index in [4.69, 9.17) is 32.9 Å². The maximum absolute atomic E-state index is 6.61. The average molecular weight is 666 g/mol. The second kappa shape index (κ2) is 12.7. The van der Waals surface area contributed by atoms with Gasteiger partial charge in [-0.3, -0.25) is 0 Å². The number of hydrogen-bond donors (Lipinski definition) is 0. The van der Waals surface area contributed by atoms with Crippen LogP contribution in [0.4, 0.5) is 0 Å². The molecule has 8 nitrogen and oxygen atoms in total. The van der Waals surface area contributed by atoms with Gasteiger partial charge in [0.05, 0.1) is 0 Å². The molecule has 0 atom stereocenters. The van der Waals surface area contributed by atoms with Crippen molar-refractivity contribution < 1.29 is 32.9 Å². The molecule has 0 unspecified atom stereocenters. The Morgan fingerprint density at radius 2 is 0.500 bits per heavy atom. The van der Waals surface area contributed by atoms with Gasteiger partial charge in [-0.05, 0) is 124 Å². The van der Waals surface area contributed by atoms with Crippen molar-refractivity contribution in [3.63, 3.8) is 0 Å². The van der Waals surface area contributed by atoms with Gasteiger partial charge in [-0.1, -0.05) is 0 Å². The Hall–Kier alpha value is 1.63. The zero-order valence-electron chi connectivity index (χ0n) is 26.8. The van der Waals surface area contributed by atoms with Crippen molar-refractivity contribution in [3.05, 3.63) is 0 Å². The van der Waals surface area contributed by atoms with Gasteiger partial charge in [-0.2, -0.15) is 0 Å². The van der Waals surface area contributed by atoms with Crippen LogP contribution in [-0.2, 0) is 32.9 Å². The minimum Gasteiger partial charge on any atom is -0.437 e. The van der Waals surface area contributed by atoms with Gasteiger partial charge in [-0.15, -0.1) is 0 Å². The summed E-state index contributed by atoms with van der Waals surface area (Å²) in [6, 6.07) is 0. The van der Waals surface area contributed by atoms with E-state index < -0.39 is 77.3 Å². The molecule has 17 heteroatoms. The van der Waals surface area contributed by atoms with Crippen molar-refractivity contribution in [2.75, 3.05) is 0 Å². The predicted octanol–water partition coefficient (Wildman–Crippen LogP) is 7.12. The standard InChI is InChI=1S/C19H57O8Si9/c1-28(20-31(8,9)24-33(12,13)22-29(2,3)4)21-32(10,11)25-35(16,17)27-36(18,19)26-34(14,15)23-30(5,6)7/h1-19H3. The molecule has 0 bridgehead atoms. The Morgan fingerprint density at radius 3 is 0.722 bits per heavy atom. The quantitative estimate of drug-likeness (QED) is 0.162. The highest BCUT2D eigenvalue weighted by Gasteiger charge is 2.47. The molecule has 1 radical (unpaired) electrons. The van der Waals surface area contributed by atoms with E-state index in [0.717, 1.165) is 0 Å². The molecule has 0 aliphatic carbocycles. The molecule has 0 rings (SSSR count). The zero-order chi connectivity index (χ0) is 29.2. The lowest BCUT2D eigenvalue weighted by molar-refractivity contribution is 0.269. The first-order chi connectivity index (χ1) is 15.3. The van der Waals surface area contributed by atoms with Gasteiger partial charge in [0.2, 0.25) is 0 Å². The second-order valence-electron chi connectivity index (χ2n) is 13.9. The van der Waals surface area contributed by atoms with Crippen molar-refractivity contribution in [2.45, 2.75) is 124 Å². The summed E-state index contributed by atoms with van der Waals surface area (Å²) >= 11 is 0. The second-order valence-corrected chi connectivity index (χ2v) is 46.7. The molecule has 0 aromatic heterocycles. The molecule has 0 amide bonds. The van der Waals surface area contributed by atoms with Crippen LogP contribution in [0.25, 0.3) is 0 Å². The van der Waals surface area contributed by atoms with Gasteiger partial charge in [0.25, 0.3) is 0 Å². The van der Waals surface area contributed by atoms with Crippen LogP contribution in [-0.4, -0.2) is 77.3 Å². The third-order valence-corrected chi connectivity index (χ3v) is 34.6. The summed E-state index contributed by atoms with van der Waals surface area (Å²) in [4.78, 5) is 0. The molecule has 0 aromatic rings. The van der Waals surface area contributed by atoms with E-state index in [0.29, 0.717) is 0 Å². The van der Waals surface area contributed by atoms with Crippen LogP contribution in [0.3, 0.4) is 0 Å². The molecule has 0 spiro atoms. The predicted molar refractivity (Wildman–Crippen MR) is 172 cm³/mol. The minimum absolute atomic E-state index is 1.59. The third-order valence-electron chi connectivity index (χ3n) is 3.85. The van der Waals surface area contributed by atoms with Gasteiger partial charge in [0, 0.05) is 0 Å².